The smallest absolute Gasteiger partial charge is 0.119 e. The highest BCUT2D eigenvalue weighted by Crippen LogP contribution is 2.24. The lowest BCUT2D eigenvalue weighted by molar-refractivity contribution is -0.905. The molecule has 23 heavy (non-hydrogen) atoms. The van der Waals surface area contributed by atoms with E-state index >= 15 is 0 Å². The molecule has 0 atom stereocenters. The van der Waals surface area contributed by atoms with Crippen LogP contribution in [-0.4, -0.2) is 26.2 Å². The number of nitrogens with one attached hydrogen (secondary N) is 1. The molecule has 0 spiro atoms. The summed E-state index contributed by atoms with van der Waals surface area (Å²) < 4.78 is 5.86. The van der Waals surface area contributed by atoms with Crippen molar-refractivity contribution in [3.63, 3.8) is 0 Å². The van der Waals surface area contributed by atoms with Crippen molar-refractivity contribution in [2.75, 3.05) is 26.2 Å². The molecule has 0 radical (unpaired) electrons. The van der Waals surface area contributed by atoms with Gasteiger partial charge in [-0.25, -0.2) is 0 Å². The van der Waals surface area contributed by atoms with E-state index < -0.39 is 0 Å². The van der Waals surface area contributed by atoms with Gasteiger partial charge in [-0.2, -0.15) is 0 Å². The molecule has 1 fully saturated rings. The fourth-order valence-electron chi connectivity index (χ4n) is 3.37. The van der Waals surface area contributed by atoms with Crippen LogP contribution in [0.1, 0.15) is 71.3 Å². The number of hydrogen-bond donors (Lipinski definition) is 1. The highest BCUT2D eigenvalue weighted by atomic mass is 16.5. The molecule has 130 valence electrons. The Balaban J connectivity index is 1.51. The van der Waals surface area contributed by atoms with Crippen LogP contribution in [0.5, 0.6) is 5.75 Å². The molecule has 1 aliphatic heterocycles. The number of hydrogen-bond acceptors (Lipinski definition) is 1. The van der Waals surface area contributed by atoms with Crippen LogP contribution < -0.4 is 9.64 Å². The maximum absolute atomic E-state index is 5.86. The summed E-state index contributed by atoms with van der Waals surface area (Å²) in [7, 11) is 0. The van der Waals surface area contributed by atoms with E-state index in [0.717, 1.165) is 12.4 Å². The zero-order valence-corrected chi connectivity index (χ0v) is 15.5. The number of ether oxygens (including phenoxy) is 1. The summed E-state index contributed by atoms with van der Waals surface area (Å²) >= 11 is 0. The average Bonchev–Trinajstić information content (AvgIpc) is 2.54. The molecular weight excluding hydrogens is 282 g/mol. The molecule has 1 heterocycles. The molecule has 2 heteroatoms. The van der Waals surface area contributed by atoms with Gasteiger partial charge < -0.3 is 9.64 Å². The first kappa shape index (κ1) is 18.3. The fraction of sp³-hybridized carbons (Fsp3) is 0.714. The molecule has 1 N–H and O–H groups in total. The van der Waals surface area contributed by atoms with Crippen LogP contribution in [0.25, 0.3) is 0 Å². The molecule has 0 saturated carbocycles. The Kier molecular flexibility index (Phi) is 7.42. The van der Waals surface area contributed by atoms with Crippen molar-refractivity contribution >= 4 is 0 Å². The van der Waals surface area contributed by atoms with Gasteiger partial charge in [0, 0.05) is 0 Å². The molecule has 2 rings (SSSR count). The second kappa shape index (κ2) is 9.32. The van der Waals surface area contributed by atoms with Crippen LogP contribution >= 0.6 is 0 Å². The van der Waals surface area contributed by atoms with Crippen molar-refractivity contribution in [3.8, 4) is 5.75 Å². The SMILES string of the molecule is CC(C)(C)c1ccc(OCCCCCC[NH+]2CCCCC2)cc1. The van der Waals surface area contributed by atoms with Crippen LogP contribution in [0.15, 0.2) is 24.3 Å². The largest absolute Gasteiger partial charge is 0.494 e. The van der Waals surface area contributed by atoms with Gasteiger partial charge in [0.25, 0.3) is 0 Å². The van der Waals surface area contributed by atoms with Gasteiger partial charge in [0.2, 0.25) is 0 Å². The highest BCUT2D eigenvalue weighted by Gasteiger charge is 2.13. The molecule has 0 unspecified atom stereocenters. The molecule has 0 aliphatic carbocycles. The molecule has 1 aliphatic rings. The number of likely N-dealkylation sites (tertiary alicyclic amines) is 1. The monoisotopic (exact) mass is 318 g/mol. The van der Waals surface area contributed by atoms with Gasteiger partial charge in [0.1, 0.15) is 5.75 Å². The number of unbranched alkanes of at least 4 members (excludes halogenated alkanes) is 3. The summed E-state index contributed by atoms with van der Waals surface area (Å²) in [5.41, 5.74) is 1.58. The molecule has 1 aromatic carbocycles. The topological polar surface area (TPSA) is 13.7 Å². The van der Waals surface area contributed by atoms with Crippen LogP contribution in [0.2, 0.25) is 0 Å². The van der Waals surface area contributed by atoms with Gasteiger partial charge in [-0.1, -0.05) is 32.9 Å². The van der Waals surface area contributed by atoms with E-state index in [2.05, 4.69) is 45.0 Å². The van der Waals surface area contributed by atoms with E-state index in [9.17, 15) is 0 Å². The third-order valence-corrected chi connectivity index (χ3v) is 4.97. The van der Waals surface area contributed by atoms with E-state index in [-0.39, 0.29) is 5.41 Å². The molecule has 0 amide bonds. The van der Waals surface area contributed by atoms with Crippen LogP contribution in [0.3, 0.4) is 0 Å². The summed E-state index contributed by atoms with van der Waals surface area (Å²) in [6, 6.07) is 8.61. The summed E-state index contributed by atoms with van der Waals surface area (Å²) in [5.74, 6) is 1.01. The van der Waals surface area contributed by atoms with E-state index in [4.69, 9.17) is 4.74 Å². The first-order valence-corrected chi connectivity index (χ1v) is 9.62. The first-order chi connectivity index (χ1) is 11.1. The quantitative estimate of drug-likeness (QED) is 0.716. The van der Waals surface area contributed by atoms with E-state index in [1.807, 2.05) is 4.90 Å². The molecule has 0 aromatic heterocycles. The molecule has 0 bridgehead atoms. The third-order valence-electron chi connectivity index (χ3n) is 4.97. The van der Waals surface area contributed by atoms with Gasteiger partial charge in [-0.05, 0) is 68.1 Å². The maximum atomic E-state index is 5.86. The lowest BCUT2D eigenvalue weighted by Gasteiger charge is -2.23. The van der Waals surface area contributed by atoms with Gasteiger partial charge in [-0.15, -0.1) is 0 Å². The standard InChI is InChI=1S/C21H35NO/c1-21(2,3)19-11-13-20(14-12-19)23-18-10-5-4-7-15-22-16-8-6-9-17-22/h11-14H,4-10,15-18H2,1-3H3/p+1. The minimum Gasteiger partial charge on any atom is -0.494 e. The van der Waals surface area contributed by atoms with E-state index in [1.54, 1.807) is 0 Å². The normalized spacial score (nSPS) is 16.5. The minimum atomic E-state index is 0.217. The first-order valence-electron chi connectivity index (χ1n) is 9.62. The van der Waals surface area contributed by atoms with Gasteiger partial charge in [-0.3, -0.25) is 0 Å². The predicted octanol–water partition coefficient (Wildman–Crippen LogP) is 3.99. The Morgan fingerprint density at radius 2 is 1.52 bits per heavy atom. The Bertz CT molecular complexity index is 426. The molecule has 1 saturated heterocycles. The van der Waals surface area contributed by atoms with Crippen molar-refractivity contribution in [1.29, 1.82) is 0 Å². The second-order valence-electron chi connectivity index (χ2n) is 8.10. The van der Waals surface area contributed by atoms with Crippen molar-refractivity contribution in [2.24, 2.45) is 0 Å². The van der Waals surface area contributed by atoms with Crippen LogP contribution in [0.4, 0.5) is 0 Å². The second-order valence-corrected chi connectivity index (χ2v) is 8.10. The Morgan fingerprint density at radius 1 is 0.870 bits per heavy atom. The van der Waals surface area contributed by atoms with Crippen LogP contribution in [-0.2, 0) is 5.41 Å². The summed E-state index contributed by atoms with van der Waals surface area (Å²) in [4.78, 5) is 1.84. The van der Waals surface area contributed by atoms with Gasteiger partial charge in [0.15, 0.2) is 0 Å². The van der Waals surface area contributed by atoms with Gasteiger partial charge >= 0.3 is 0 Å². The van der Waals surface area contributed by atoms with Crippen molar-refractivity contribution < 1.29 is 9.64 Å². The Labute approximate surface area is 143 Å². The average molecular weight is 319 g/mol. The summed E-state index contributed by atoms with van der Waals surface area (Å²) in [6.07, 6.45) is 9.56. The molecule has 1 aromatic rings. The number of piperidine rings is 1. The van der Waals surface area contributed by atoms with Crippen molar-refractivity contribution in [1.82, 2.24) is 0 Å². The van der Waals surface area contributed by atoms with Crippen LogP contribution in [0, 0.1) is 0 Å². The minimum absolute atomic E-state index is 0.217. The van der Waals surface area contributed by atoms with E-state index in [1.165, 1.54) is 70.1 Å². The zero-order chi connectivity index (χ0) is 16.5. The number of quaternary nitrogens is 1. The predicted molar refractivity (Wildman–Crippen MR) is 98.5 cm³/mol. The van der Waals surface area contributed by atoms with E-state index in [0.29, 0.717) is 0 Å². The van der Waals surface area contributed by atoms with Gasteiger partial charge in [0.05, 0.1) is 26.2 Å². The zero-order valence-electron chi connectivity index (χ0n) is 15.5. The van der Waals surface area contributed by atoms with Crippen molar-refractivity contribution in [3.05, 3.63) is 29.8 Å². The maximum Gasteiger partial charge on any atom is 0.119 e. The summed E-state index contributed by atoms with van der Waals surface area (Å²) in [5, 5.41) is 0. The third kappa shape index (κ3) is 6.95. The molecular formula is C21H36NO+. The number of rotatable bonds is 8. The van der Waals surface area contributed by atoms with Crippen molar-refractivity contribution in [2.45, 2.75) is 71.1 Å². The summed E-state index contributed by atoms with van der Waals surface area (Å²) in [6.45, 7) is 11.8. The Hall–Kier alpha value is -1.02. The fourth-order valence-corrected chi connectivity index (χ4v) is 3.37. The lowest BCUT2D eigenvalue weighted by atomic mass is 9.87. The Morgan fingerprint density at radius 3 is 2.17 bits per heavy atom. The number of benzene rings is 1. The lowest BCUT2D eigenvalue weighted by Crippen LogP contribution is -3.12. The highest BCUT2D eigenvalue weighted by molar-refractivity contribution is 5.31. The molecule has 2 nitrogen and oxygen atoms in total.